The second-order valence-corrected chi connectivity index (χ2v) is 4.89. The molecule has 1 saturated heterocycles. The van der Waals surface area contributed by atoms with Crippen LogP contribution in [-0.2, 0) is 4.74 Å². The fourth-order valence-corrected chi connectivity index (χ4v) is 2.39. The fraction of sp³-hybridized carbons (Fsp3) is 0.583. The van der Waals surface area contributed by atoms with Crippen molar-refractivity contribution in [3.05, 3.63) is 17.6 Å². The highest BCUT2D eigenvalue weighted by Crippen LogP contribution is 2.48. The van der Waals surface area contributed by atoms with Crippen LogP contribution in [-0.4, -0.2) is 29.3 Å². The van der Waals surface area contributed by atoms with E-state index in [4.69, 9.17) is 14.7 Å². The Morgan fingerprint density at radius 2 is 2.29 bits per heavy atom. The second kappa shape index (κ2) is 3.67. The van der Waals surface area contributed by atoms with Gasteiger partial charge >= 0.3 is 0 Å². The van der Waals surface area contributed by atoms with E-state index in [2.05, 4.69) is 16.0 Å². The molecule has 3 rings (SSSR count). The largest absolute Gasteiger partial charge is 0.473 e. The Bertz CT molecular complexity index is 483. The lowest BCUT2D eigenvalue weighted by Gasteiger charge is -2.52. The van der Waals surface area contributed by atoms with E-state index in [1.54, 1.807) is 6.92 Å². The number of ether oxygens (including phenoxy) is 2. The minimum Gasteiger partial charge on any atom is -0.473 e. The van der Waals surface area contributed by atoms with E-state index in [1.165, 1.54) is 6.20 Å². The van der Waals surface area contributed by atoms with Crippen molar-refractivity contribution in [2.75, 3.05) is 13.2 Å². The average Bonchev–Trinajstić information content (AvgIpc) is 2.20. The lowest BCUT2D eigenvalue weighted by molar-refractivity contribution is -0.191. The van der Waals surface area contributed by atoms with Crippen LogP contribution in [0.15, 0.2) is 6.20 Å². The SMILES string of the molecule is Cc1ncc(C#N)c(OC2CC3(COC3)C2)n1. The van der Waals surface area contributed by atoms with E-state index in [0.717, 1.165) is 26.1 Å². The molecule has 1 aliphatic carbocycles. The smallest absolute Gasteiger partial charge is 0.235 e. The van der Waals surface area contributed by atoms with Crippen LogP contribution in [0.5, 0.6) is 5.88 Å². The van der Waals surface area contributed by atoms with Gasteiger partial charge in [-0.2, -0.15) is 10.2 Å². The first kappa shape index (κ1) is 10.5. The third-order valence-electron chi connectivity index (χ3n) is 3.41. The van der Waals surface area contributed by atoms with Gasteiger partial charge in [0.2, 0.25) is 5.88 Å². The predicted octanol–water partition coefficient (Wildman–Crippen LogP) is 1.21. The number of nitriles is 1. The van der Waals surface area contributed by atoms with Crippen LogP contribution in [0.2, 0.25) is 0 Å². The summed E-state index contributed by atoms with van der Waals surface area (Å²) >= 11 is 0. The highest BCUT2D eigenvalue weighted by molar-refractivity contribution is 5.36. The van der Waals surface area contributed by atoms with Crippen molar-refractivity contribution in [2.45, 2.75) is 25.9 Å². The molecular formula is C12H13N3O2. The summed E-state index contributed by atoms with van der Waals surface area (Å²) in [6.45, 7) is 3.48. The van der Waals surface area contributed by atoms with Crippen LogP contribution < -0.4 is 4.74 Å². The molecule has 0 atom stereocenters. The molecule has 1 aromatic rings. The monoisotopic (exact) mass is 231 g/mol. The molecule has 0 N–H and O–H groups in total. The van der Waals surface area contributed by atoms with Crippen molar-refractivity contribution in [3.8, 4) is 11.9 Å². The molecule has 0 radical (unpaired) electrons. The van der Waals surface area contributed by atoms with Crippen molar-refractivity contribution < 1.29 is 9.47 Å². The summed E-state index contributed by atoms with van der Waals surface area (Å²) in [7, 11) is 0. The van der Waals surface area contributed by atoms with Gasteiger partial charge in [0, 0.05) is 5.41 Å². The molecule has 5 heteroatoms. The van der Waals surface area contributed by atoms with Gasteiger partial charge < -0.3 is 9.47 Å². The molecule has 1 spiro atoms. The number of hydrogen-bond acceptors (Lipinski definition) is 5. The zero-order chi connectivity index (χ0) is 11.9. The first-order valence-corrected chi connectivity index (χ1v) is 5.69. The molecule has 0 amide bonds. The van der Waals surface area contributed by atoms with Crippen LogP contribution >= 0.6 is 0 Å². The first-order chi connectivity index (χ1) is 8.21. The third kappa shape index (κ3) is 1.75. The van der Waals surface area contributed by atoms with Crippen LogP contribution in [0.4, 0.5) is 0 Å². The van der Waals surface area contributed by atoms with Crippen molar-refractivity contribution >= 4 is 0 Å². The van der Waals surface area contributed by atoms with E-state index in [1.807, 2.05) is 0 Å². The lowest BCUT2D eigenvalue weighted by atomic mass is 9.65. The minimum atomic E-state index is 0.167. The average molecular weight is 231 g/mol. The van der Waals surface area contributed by atoms with Crippen molar-refractivity contribution in [1.29, 1.82) is 5.26 Å². The maximum atomic E-state index is 8.94. The van der Waals surface area contributed by atoms with Crippen molar-refractivity contribution in [1.82, 2.24) is 9.97 Å². The molecule has 1 saturated carbocycles. The molecule has 1 aliphatic heterocycles. The topological polar surface area (TPSA) is 68.0 Å². The summed E-state index contributed by atoms with van der Waals surface area (Å²) in [4.78, 5) is 8.15. The summed E-state index contributed by atoms with van der Waals surface area (Å²) in [5.74, 6) is 1.04. The Balaban J connectivity index is 1.69. The summed E-state index contributed by atoms with van der Waals surface area (Å²) in [5.41, 5.74) is 0.765. The van der Waals surface area contributed by atoms with E-state index in [9.17, 15) is 0 Å². The fourth-order valence-electron chi connectivity index (χ4n) is 2.39. The molecule has 5 nitrogen and oxygen atoms in total. The van der Waals surface area contributed by atoms with Crippen molar-refractivity contribution in [3.63, 3.8) is 0 Å². The Labute approximate surface area is 99.4 Å². The number of aromatic nitrogens is 2. The normalized spacial score (nSPS) is 21.4. The third-order valence-corrected chi connectivity index (χ3v) is 3.41. The van der Waals surface area contributed by atoms with Crippen LogP contribution in [0, 0.1) is 23.7 Å². The molecule has 88 valence electrons. The first-order valence-electron chi connectivity index (χ1n) is 5.69. The highest BCUT2D eigenvalue weighted by Gasteiger charge is 2.51. The minimum absolute atomic E-state index is 0.167. The molecule has 17 heavy (non-hydrogen) atoms. The van der Waals surface area contributed by atoms with Gasteiger partial charge in [-0.25, -0.2) is 4.98 Å². The summed E-state index contributed by atoms with van der Waals surface area (Å²) < 4.78 is 11.0. The van der Waals surface area contributed by atoms with E-state index >= 15 is 0 Å². The quantitative estimate of drug-likeness (QED) is 0.765. The van der Waals surface area contributed by atoms with E-state index in [-0.39, 0.29) is 6.10 Å². The molecule has 2 fully saturated rings. The Morgan fingerprint density at radius 3 is 2.88 bits per heavy atom. The Hall–Kier alpha value is -1.67. The van der Waals surface area contributed by atoms with Crippen LogP contribution in [0.25, 0.3) is 0 Å². The van der Waals surface area contributed by atoms with Gasteiger partial charge in [0.15, 0.2) is 0 Å². The molecule has 2 heterocycles. The van der Waals surface area contributed by atoms with Gasteiger partial charge in [0.05, 0.1) is 19.4 Å². The van der Waals surface area contributed by atoms with Gasteiger partial charge in [-0.15, -0.1) is 0 Å². The maximum Gasteiger partial charge on any atom is 0.235 e. The van der Waals surface area contributed by atoms with Gasteiger partial charge in [0.25, 0.3) is 0 Å². The standard InChI is InChI=1S/C12H13N3O2/c1-8-14-5-9(4-13)11(15-8)17-10-2-12(3-10)6-16-7-12/h5,10H,2-3,6-7H2,1H3. The summed E-state index contributed by atoms with van der Waals surface area (Å²) in [6.07, 6.45) is 3.68. The summed E-state index contributed by atoms with van der Waals surface area (Å²) in [5, 5.41) is 8.94. The molecule has 2 aliphatic rings. The van der Waals surface area contributed by atoms with Gasteiger partial charge in [-0.1, -0.05) is 0 Å². The Morgan fingerprint density at radius 1 is 1.53 bits per heavy atom. The predicted molar refractivity (Wildman–Crippen MR) is 58.4 cm³/mol. The second-order valence-electron chi connectivity index (χ2n) is 4.89. The molecule has 0 unspecified atom stereocenters. The number of rotatable bonds is 2. The molecule has 1 aromatic heterocycles. The van der Waals surface area contributed by atoms with Crippen LogP contribution in [0.1, 0.15) is 24.2 Å². The molecule has 0 aromatic carbocycles. The maximum absolute atomic E-state index is 8.94. The number of aryl methyl sites for hydroxylation is 1. The summed E-state index contributed by atoms with van der Waals surface area (Å²) in [6, 6.07) is 2.05. The Kier molecular flexibility index (Phi) is 2.26. The molecular weight excluding hydrogens is 218 g/mol. The molecule has 0 bridgehead atoms. The zero-order valence-corrected chi connectivity index (χ0v) is 9.64. The van der Waals surface area contributed by atoms with E-state index in [0.29, 0.717) is 22.7 Å². The number of hydrogen-bond donors (Lipinski definition) is 0. The van der Waals surface area contributed by atoms with Gasteiger partial charge in [-0.3, -0.25) is 0 Å². The highest BCUT2D eigenvalue weighted by atomic mass is 16.5. The van der Waals surface area contributed by atoms with Crippen molar-refractivity contribution in [2.24, 2.45) is 5.41 Å². The number of nitrogens with zero attached hydrogens (tertiary/aromatic N) is 3. The van der Waals surface area contributed by atoms with Gasteiger partial charge in [-0.05, 0) is 19.8 Å². The lowest BCUT2D eigenvalue weighted by Crippen LogP contribution is -2.56. The van der Waals surface area contributed by atoms with E-state index < -0.39 is 0 Å². The van der Waals surface area contributed by atoms with Crippen LogP contribution in [0.3, 0.4) is 0 Å². The zero-order valence-electron chi connectivity index (χ0n) is 9.64. The van der Waals surface area contributed by atoms with Gasteiger partial charge in [0.1, 0.15) is 23.6 Å².